The standard InChI is InChI=1S/C10H23NOSi/c1-6-9(7-2)11-12-10(4,8-3)13-5/h6-8,13H2,1-5H3. The van der Waals surface area contributed by atoms with Gasteiger partial charge in [0.1, 0.15) is 5.22 Å². The van der Waals surface area contributed by atoms with Crippen molar-refractivity contribution in [2.24, 2.45) is 5.16 Å². The zero-order valence-corrected chi connectivity index (χ0v) is 11.1. The summed E-state index contributed by atoms with van der Waals surface area (Å²) in [5.74, 6) is 0. The van der Waals surface area contributed by atoms with Crippen LogP contribution in [0.25, 0.3) is 0 Å². The summed E-state index contributed by atoms with van der Waals surface area (Å²) in [6.45, 7) is 10.9. The lowest BCUT2D eigenvalue weighted by Crippen LogP contribution is -2.32. The zero-order valence-electron chi connectivity index (χ0n) is 9.68. The lowest BCUT2D eigenvalue weighted by molar-refractivity contribution is 0.0310. The predicted molar refractivity (Wildman–Crippen MR) is 62.2 cm³/mol. The van der Waals surface area contributed by atoms with Crippen molar-refractivity contribution >= 4 is 15.2 Å². The van der Waals surface area contributed by atoms with Crippen LogP contribution >= 0.6 is 0 Å². The third kappa shape index (κ3) is 4.46. The minimum Gasteiger partial charge on any atom is -0.394 e. The van der Waals surface area contributed by atoms with Crippen molar-refractivity contribution < 1.29 is 4.84 Å². The van der Waals surface area contributed by atoms with Gasteiger partial charge in [-0.2, -0.15) is 0 Å². The van der Waals surface area contributed by atoms with Crippen LogP contribution in [0.15, 0.2) is 5.16 Å². The van der Waals surface area contributed by atoms with Crippen molar-refractivity contribution in [1.82, 2.24) is 0 Å². The first kappa shape index (κ1) is 12.7. The quantitative estimate of drug-likeness (QED) is 0.368. The van der Waals surface area contributed by atoms with E-state index in [1.165, 1.54) is 5.71 Å². The van der Waals surface area contributed by atoms with Gasteiger partial charge in [0.15, 0.2) is 0 Å². The SMILES string of the molecule is CCC(CC)=NOC(C)(CC)[SiH2]C. The molecule has 3 heteroatoms. The van der Waals surface area contributed by atoms with E-state index in [0.717, 1.165) is 19.3 Å². The van der Waals surface area contributed by atoms with Gasteiger partial charge in [-0.15, -0.1) is 0 Å². The lowest BCUT2D eigenvalue weighted by atomic mass is 10.2. The molecule has 0 saturated carbocycles. The van der Waals surface area contributed by atoms with Crippen molar-refractivity contribution in [1.29, 1.82) is 0 Å². The molecule has 78 valence electrons. The van der Waals surface area contributed by atoms with E-state index in [0.29, 0.717) is 0 Å². The highest BCUT2D eigenvalue weighted by atomic mass is 28.2. The van der Waals surface area contributed by atoms with Crippen molar-refractivity contribution in [3.05, 3.63) is 0 Å². The van der Waals surface area contributed by atoms with Gasteiger partial charge >= 0.3 is 0 Å². The Kier molecular flexibility index (Phi) is 6.04. The van der Waals surface area contributed by atoms with Gasteiger partial charge in [0.25, 0.3) is 0 Å². The van der Waals surface area contributed by atoms with Crippen LogP contribution in [0, 0.1) is 0 Å². The Morgan fingerprint density at radius 1 is 1.31 bits per heavy atom. The molecular weight excluding hydrogens is 178 g/mol. The summed E-state index contributed by atoms with van der Waals surface area (Å²) in [7, 11) is -0.156. The van der Waals surface area contributed by atoms with Crippen LogP contribution in [0.4, 0.5) is 0 Å². The number of rotatable bonds is 6. The van der Waals surface area contributed by atoms with Gasteiger partial charge in [0.05, 0.1) is 15.2 Å². The van der Waals surface area contributed by atoms with E-state index < -0.39 is 0 Å². The van der Waals surface area contributed by atoms with Gasteiger partial charge in [0.2, 0.25) is 0 Å². The molecule has 0 aliphatic carbocycles. The van der Waals surface area contributed by atoms with Gasteiger partial charge in [-0.3, -0.25) is 0 Å². The van der Waals surface area contributed by atoms with Crippen LogP contribution < -0.4 is 0 Å². The van der Waals surface area contributed by atoms with Gasteiger partial charge in [-0.25, -0.2) is 0 Å². The van der Waals surface area contributed by atoms with E-state index in [1.54, 1.807) is 0 Å². The molecule has 1 unspecified atom stereocenters. The molecule has 0 rings (SSSR count). The van der Waals surface area contributed by atoms with Gasteiger partial charge in [-0.05, 0) is 26.2 Å². The second kappa shape index (κ2) is 6.19. The minimum atomic E-state index is -0.156. The van der Waals surface area contributed by atoms with E-state index in [9.17, 15) is 0 Å². The highest BCUT2D eigenvalue weighted by molar-refractivity contribution is 6.37. The summed E-state index contributed by atoms with van der Waals surface area (Å²) in [5.41, 5.74) is 1.17. The van der Waals surface area contributed by atoms with Gasteiger partial charge in [-0.1, -0.05) is 32.5 Å². The highest BCUT2D eigenvalue weighted by Crippen LogP contribution is 2.14. The van der Waals surface area contributed by atoms with E-state index in [-0.39, 0.29) is 14.7 Å². The maximum atomic E-state index is 5.62. The van der Waals surface area contributed by atoms with Crippen LogP contribution in [-0.2, 0) is 4.84 Å². The van der Waals surface area contributed by atoms with E-state index in [2.05, 4.69) is 39.4 Å². The summed E-state index contributed by atoms with van der Waals surface area (Å²) in [4.78, 5) is 5.62. The van der Waals surface area contributed by atoms with Gasteiger partial charge in [0, 0.05) is 0 Å². The molecule has 2 nitrogen and oxygen atoms in total. The van der Waals surface area contributed by atoms with Gasteiger partial charge < -0.3 is 4.84 Å². The molecule has 0 amide bonds. The smallest absolute Gasteiger partial charge is 0.115 e. The third-order valence-corrected chi connectivity index (χ3v) is 4.83. The second-order valence-electron chi connectivity index (χ2n) is 3.61. The maximum absolute atomic E-state index is 5.62. The molecule has 0 aliphatic heterocycles. The number of hydrogen-bond acceptors (Lipinski definition) is 2. The molecule has 0 radical (unpaired) electrons. The van der Waals surface area contributed by atoms with Crippen molar-refractivity contribution in [3.63, 3.8) is 0 Å². The Morgan fingerprint density at radius 2 is 1.85 bits per heavy atom. The number of hydrogen-bond donors (Lipinski definition) is 0. The van der Waals surface area contributed by atoms with Crippen molar-refractivity contribution in [3.8, 4) is 0 Å². The first-order valence-corrected chi connectivity index (χ1v) is 7.47. The first-order chi connectivity index (χ1) is 6.11. The predicted octanol–water partition coefficient (Wildman–Crippen LogP) is 2.52. The molecule has 0 N–H and O–H groups in total. The molecule has 0 aromatic heterocycles. The molecule has 0 bridgehead atoms. The van der Waals surface area contributed by atoms with Crippen LogP contribution in [0.1, 0.15) is 47.0 Å². The van der Waals surface area contributed by atoms with Crippen molar-refractivity contribution in [2.45, 2.75) is 58.7 Å². The molecule has 0 aromatic carbocycles. The highest BCUT2D eigenvalue weighted by Gasteiger charge is 2.21. The molecule has 0 saturated heterocycles. The zero-order chi connectivity index (χ0) is 10.3. The fourth-order valence-corrected chi connectivity index (χ4v) is 1.63. The molecule has 0 aromatic rings. The van der Waals surface area contributed by atoms with E-state index in [4.69, 9.17) is 4.84 Å². The molecule has 1 atom stereocenters. The third-order valence-electron chi connectivity index (χ3n) is 2.71. The largest absolute Gasteiger partial charge is 0.394 e. The first-order valence-electron chi connectivity index (χ1n) is 5.35. The van der Waals surface area contributed by atoms with Crippen LogP contribution in [0.5, 0.6) is 0 Å². The Balaban J connectivity index is 4.17. The molecule has 0 fully saturated rings. The lowest BCUT2D eigenvalue weighted by Gasteiger charge is -2.24. The summed E-state index contributed by atoms with van der Waals surface area (Å²) in [5, 5.41) is 4.29. The molecule has 13 heavy (non-hydrogen) atoms. The Labute approximate surface area is 84.6 Å². The van der Waals surface area contributed by atoms with Crippen LogP contribution in [0.2, 0.25) is 6.55 Å². The fourth-order valence-electron chi connectivity index (χ4n) is 0.933. The molecule has 0 heterocycles. The average molecular weight is 201 g/mol. The van der Waals surface area contributed by atoms with Crippen LogP contribution in [0.3, 0.4) is 0 Å². The minimum absolute atomic E-state index is 0.0651. The van der Waals surface area contributed by atoms with Crippen LogP contribution in [-0.4, -0.2) is 20.5 Å². The molecular formula is C10H23NOSi. The molecule has 0 aliphatic rings. The van der Waals surface area contributed by atoms with E-state index in [1.807, 2.05) is 0 Å². The average Bonchev–Trinajstić information content (AvgIpc) is 2.19. The number of nitrogens with zero attached hydrogens (tertiary/aromatic N) is 1. The summed E-state index contributed by atoms with van der Waals surface area (Å²) >= 11 is 0. The summed E-state index contributed by atoms with van der Waals surface area (Å²) in [6, 6.07) is 0. The Hall–Kier alpha value is -0.313. The van der Waals surface area contributed by atoms with Crippen molar-refractivity contribution in [2.75, 3.05) is 0 Å². The Bertz CT molecular complexity index is 158. The maximum Gasteiger partial charge on any atom is 0.115 e. The summed E-state index contributed by atoms with van der Waals surface area (Å²) < 4.78 is 0. The van der Waals surface area contributed by atoms with E-state index >= 15 is 0 Å². The molecule has 0 spiro atoms. The monoisotopic (exact) mass is 201 g/mol. The number of oxime groups is 1. The Morgan fingerprint density at radius 3 is 2.15 bits per heavy atom. The topological polar surface area (TPSA) is 21.6 Å². The normalized spacial score (nSPS) is 15.8. The second-order valence-corrected chi connectivity index (χ2v) is 5.82. The summed E-state index contributed by atoms with van der Waals surface area (Å²) in [6.07, 6.45) is 3.07. The fraction of sp³-hybridized carbons (Fsp3) is 0.900.